The van der Waals surface area contributed by atoms with Gasteiger partial charge in [-0.15, -0.1) is 0 Å². The highest BCUT2D eigenvalue weighted by molar-refractivity contribution is 5.65. The second-order valence-electron chi connectivity index (χ2n) is 5.04. The molecule has 1 N–H and O–H groups in total. The van der Waals surface area contributed by atoms with Gasteiger partial charge in [0.1, 0.15) is 0 Å². The van der Waals surface area contributed by atoms with Crippen molar-refractivity contribution in [2.75, 3.05) is 0 Å². The number of aryl methyl sites for hydroxylation is 1. The van der Waals surface area contributed by atoms with Crippen LogP contribution in [0.3, 0.4) is 0 Å². The summed E-state index contributed by atoms with van der Waals surface area (Å²) in [6.45, 7) is 0. The first kappa shape index (κ1) is 11.5. The number of rotatable bonds is 1. The van der Waals surface area contributed by atoms with E-state index in [1.54, 1.807) is 0 Å². The van der Waals surface area contributed by atoms with Gasteiger partial charge in [-0.05, 0) is 47.6 Å². The zero-order valence-electron chi connectivity index (χ0n) is 10.5. The van der Waals surface area contributed by atoms with Crippen molar-refractivity contribution in [2.24, 2.45) is 0 Å². The average molecular weight is 238 g/mol. The van der Waals surface area contributed by atoms with Crippen LogP contribution in [0.1, 0.15) is 36.5 Å². The van der Waals surface area contributed by atoms with Crippen LogP contribution in [0.5, 0.6) is 0 Å². The molecule has 18 heavy (non-hydrogen) atoms. The van der Waals surface area contributed by atoms with Gasteiger partial charge in [-0.1, -0.05) is 48.9 Å². The molecule has 0 radical (unpaired) electrons. The van der Waals surface area contributed by atoms with E-state index in [0.717, 1.165) is 24.8 Å². The maximum Gasteiger partial charge on any atom is 0.0792 e. The highest BCUT2D eigenvalue weighted by Gasteiger charge is 2.16. The van der Waals surface area contributed by atoms with Crippen molar-refractivity contribution < 1.29 is 5.11 Å². The summed E-state index contributed by atoms with van der Waals surface area (Å²) in [5.41, 5.74) is 4.88. The topological polar surface area (TPSA) is 20.2 Å². The Morgan fingerprint density at radius 2 is 1.72 bits per heavy atom. The zero-order valence-corrected chi connectivity index (χ0v) is 10.5. The number of benzene rings is 2. The van der Waals surface area contributed by atoms with E-state index < -0.39 is 0 Å². The molecule has 0 aromatic heterocycles. The molecular weight excluding hydrogens is 220 g/mol. The SMILES string of the molecule is OC1CCCCc2ccc(-c3ccccc3)cc21. The van der Waals surface area contributed by atoms with Gasteiger partial charge in [0.05, 0.1) is 6.10 Å². The Kier molecular flexibility index (Phi) is 3.16. The van der Waals surface area contributed by atoms with E-state index in [1.807, 2.05) is 6.07 Å². The quantitative estimate of drug-likeness (QED) is 0.741. The molecule has 0 fully saturated rings. The highest BCUT2D eigenvalue weighted by atomic mass is 16.3. The molecule has 1 aliphatic rings. The third-order valence-electron chi connectivity index (χ3n) is 3.79. The highest BCUT2D eigenvalue weighted by Crippen LogP contribution is 2.32. The Morgan fingerprint density at radius 1 is 0.889 bits per heavy atom. The first-order valence-corrected chi connectivity index (χ1v) is 6.71. The van der Waals surface area contributed by atoms with Crippen molar-refractivity contribution >= 4 is 0 Å². The van der Waals surface area contributed by atoms with Crippen molar-refractivity contribution in [3.05, 3.63) is 59.7 Å². The van der Waals surface area contributed by atoms with E-state index in [1.165, 1.54) is 23.1 Å². The largest absolute Gasteiger partial charge is 0.388 e. The number of aliphatic hydroxyl groups is 1. The minimum atomic E-state index is -0.286. The standard InChI is InChI=1S/C17H18O/c18-17-9-5-4-8-14-10-11-15(12-16(14)17)13-6-2-1-3-7-13/h1-3,6-7,10-12,17-18H,4-5,8-9H2. The van der Waals surface area contributed by atoms with Crippen molar-refractivity contribution in [3.8, 4) is 11.1 Å². The van der Waals surface area contributed by atoms with Gasteiger partial charge in [-0.25, -0.2) is 0 Å². The molecule has 1 nitrogen and oxygen atoms in total. The van der Waals surface area contributed by atoms with Crippen LogP contribution in [0.2, 0.25) is 0 Å². The normalized spacial score (nSPS) is 19.1. The smallest absolute Gasteiger partial charge is 0.0792 e. The molecule has 1 heteroatoms. The van der Waals surface area contributed by atoms with Gasteiger partial charge in [0.25, 0.3) is 0 Å². The van der Waals surface area contributed by atoms with E-state index in [0.29, 0.717) is 0 Å². The van der Waals surface area contributed by atoms with Gasteiger partial charge >= 0.3 is 0 Å². The second-order valence-corrected chi connectivity index (χ2v) is 5.04. The maximum atomic E-state index is 10.2. The van der Waals surface area contributed by atoms with Crippen LogP contribution in [0.4, 0.5) is 0 Å². The Balaban J connectivity index is 2.04. The molecular formula is C17H18O. The Labute approximate surface area is 108 Å². The first-order valence-electron chi connectivity index (χ1n) is 6.71. The molecule has 0 spiro atoms. The number of fused-ring (bicyclic) bond motifs is 1. The van der Waals surface area contributed by atoms with Gasteiger partial charge < -0.3 is 5.11 Å². The van der Waals surface area contributed by atoms with Crippen molar-refractivity contribution in [2.45, 2.75) is 31.8 Å². The van der Waals surface area contributed by atoms with Crippen molar-refractivity contribution in [1.29, 1.82) is 0 Å². The van der Waals surface area contributed by atoms with Crippen LogP contribution >= 0.6 is 0 Å². The molecule has 0 aliphatic heterocycles. The average Bonchev–Trinajstić information content (AvgIpc) is 2.62. The van der Waals surface area contributed by atoms with E-state index in [9.17, 15) is 5.11 Å². The Bertz CT molecular complexity index is 531. The summed E-state index contributed by atoms with van der Waals surface area (Å²) in [5, 5.41) is 10.2. The predicted molar refractivity (Wildman–Crippen MR) is 74.4 cm³/mol. The minimum Gasteiger partial charge on any atom is -0.388 e. The lowest BCUT2D eigenvalue weighted by Crippen LogP contribution is -1.99. The number of hydrogen-bond donors (Lipinski definition) is 1. The van der Waals surface area contributed by atoms with Gasteiger partial charge in [-0.3, -0.25) is 0 Å². The van der Waals surface area contributed by atoms with Crippen LogP contribution in [-0.2, 0) is 6.42 Å². The van der Waals surface area contributed by atoms with Crippen molar-refractivity contribution in [3.63, 3.8) is 0 Å². The molecule has 3 rings (SSSR count). The molecule has 0 heterocycles. The fraction of sp³-hybridized carbons (Fsp3) is 0.294. The number of hydrogen-bond acceptors (Lipinski definition) is 1. The fourth-order valence-electron chi connectivity index (χ4n) is 2.75. The van der Waals surface area contributed by atoms with E-state index in [-0.39, 0.29) is 6.10 Å². The van der Waals surface area contributed by atoms with Crippen molar-refractivity contribution in [1.82, 2.24) is 0 Å². The maximum absolute atomic E-state index is 10.2. The zero-order chi connectivity index (χ0) is 12.4. The third kappa shape index (κ3) is 2.19. The van der Waals surface area contributed by atoms with Gasteiger partial charge in [-0.2, -0.15) is 0 Å². The lowest BCUT2D eigenvalue weighted by Gasteiger charge is -2.13. The molecule has 0 amide bonds. The summed E-state index contributed by atoms with van der Waals surface area (Å²) >= 11 is 0. The molecule has 1 unspecified atom stereocenters. The lowest BCUT2D eigenvalue weighted by molar-refractivity contribution is 0.166. The van der Waals surface area contributed by atoms with Crippen LogP contribution < -0.4 is 0 Å². The lowest BCUT2D eigenvalue weighted by atomic mass is 9.95. The van der Waals surface area contributed by atoms with E-state index in [2.05, 4.69) is 42.5 Å². The predicted octanol–water partition coefficient (Wildman–Crippen LogP) is 4.11. The molecule has 0 saturated heterocycles. The summed E-state index contributed by atoms with van der Waals surface area (Å²) in [4.78, 5) is 0. The van der Waals surface area contributed by atoms with Gasteiger partial charge in [0, 0.05) is 0 Å². The van der Waals surface area contributed by atoms with Gasteiger partial charge in [0.2, 0.25) is 0 Å². The molecule has 92 valence electrons. The van der Waals surface area contributed by atoms with Crippen LogP contribution in [0.15, 0.2) is 48.5 Å². The molecule has 1 atom stereocenters. The molecule has 2 aromatic carbocycles. The minimum absolute atomic E-state index is 0.286. The Hall–Kier alpha value is -1.60. The van der Waals surface area contributed by atoms with Crippen LogP contribution in [0.25, 0.3) is 11.1 Å². The third-order valence-corrected chi connectivity index (χ3v) is 3.79. The fourth-order valence-corrected chi connectivity index (χ4v) is 2.75. The Morgan fingerprint density at radius 3 is 2.56 bits per heavy atom. The molecule has 0 saturated carbocycles. The second kappa shape index (κ2) is 4.95. The van der Waals surface area contributed by atoms with Crippen LogP contribution in [-0.4, -0.2) is 5.11 Å². The molecule has 1 aliphatic carbocycles. The summed E-state index contributed by atoms with van der Waals surface area (Å²) in [6.07, 6.45) is 4.02. The first-order chi connectivity index (χ1) is 8.84. The van der Waals surface area contributed by atoms with Crippen LogP contribution in [0, 0.1) is 0 Å². The van der Waals surface area contributed by atoms with E-state index >= 15 is 0 Å². The summed E-state index contributed by atoms with van der Waals surface area (Å²) in [5.74, 6) is 0. The van der Waals surface area contributed by atoms with E-state index in [4.69, 9.17) is 0 Å². The van der Waals surface area contributed by atoms with Gasteiger partial charge in [0.15, 0.2) is 0 Å². The summed E-state index contributed by atoms with van der Waals surface area (Å²) in [6, 6.07) is 16.9. The monoisotopic (exact) mass is 238 g/mol. The summed E-state index contributed by atoms with van der Waals surface area (Å²) < 4.78 is 0. The number of aliphatic hydroxyl groups excluding tert-OH is 1. The molecule has 0 bridgehead atoms. The molecule has 2 aromatic rings. The summed E-state index contributed by atoms with van der Waals surface area (Å²) in [7, 11) is 0.